The molecule has 4 heteroatoms. The second-order valence-corrected chi connectivity index (χ2v) is 11.8. The van der Waals surface area contributed by atoms with E-state index >= 15 is 0 Å². The minimum atomic E-state index is 0.145. The van der Waals surface area contributed by atoms with Gasteiger partial charge in [-0.3, -0.25) is 0 Å². The minimum Gasteiger partial charge on any atom is -0.461 e. The summed E-state index contributed by atoms with van der Waals surface area (Å²) in [4.78, 5) is 2.72. The van der Waals surface area contributed by atoms with Gasteiger partial charge in [-0.25, -0.2) is 0 Å². The molecule has 0 radical (unpaired) electrons. The second kappa shape index (κ2) is 8.26. The summed E-state index contributed by atoms with van der Waals surface area (Å²) in [5.41, 5.74) is 8.97. The third-order valence-electron chi connectivity index (χ3n) is 9.94. The van der Waals surface area contributed by atoms with Crippen molar-refractivity contribution in [2.45, 2.75) is 43.7 Å². The van der Waals surface area contributed by atoms with Gasteiger partial charge in [-0.2, -0.15) is 5.26 Å². The Hall–Kier alpha value is -4.49. The van der Waals surface area contributed by atoms with Crippen LogP contribution in [0.25, 0.3) is 16.6 Å². The predicted octanol–water partition coefficient (Wildman–Crippen LogP) is 7.17. The molecule has 9 rings (SSSR count). The van der Waals surface area contributed by atoms with Crippen LogP contribution in [0.15, 0.2) is 109 Å². The first-order valence-corrected chi connectivity index (χ1v) is 14.6. The van der Waals surface area contributed by atoms with Crippen molar-refractivity contribution in [2.75, 3.05) is 0 Å². The van der Waals surface area contributed by atoms with E-state index in [0.717, 1.165) is 29.9 Å². The van der Waals surface area contributed by atoms with Gasteiger partial charge in [0.15, 0.2) is 0 Å². The van der Waals surface area contributed by atoms with E-state index in [-0.39, 0.29) is 12.0 Å². The third kappa shape index (κ3) is 2.95. The molecular weight excluding hydrogens is 490 g/mol. The van der Waals surface area contributed by atoms with Crippen molar-refractivity contribution in [1.29, 1.82) is 5.26 Å². The smallest absolute Gasteiger partial charge is 0.130 e. The monoisotopic (exact) mass is 519 g/mol. The Morgan fingerprint density at radius 3 is 2.75 bits per heavy atom. The maximum Gasteiger partial charge on any atom is 0.130 e. The molecule has 3 aromatic rings. The number of likely N-dealkylation sites (tertiary alicyclic amines) is 1. The van der Waals surface area contributed by atoms with Crippen LogP contribution in [0, 0.1) is 23.2 Å². The van der Waals surface area contributed by atoms with E-state index in [1.807, 2.05) is 18.2 Å². The molecule has 0 N–H and O–H groups in total. The summed E-state index contributed by atoms with van der Waals surface area (Å²) in [6.45, 7) is 0. The molecule has 1 saturated heterocycles. The molecule has 2 aliphatic heterocycles. The van der Waals surface area contributed by atoms with Gasteiger partial charge in [0.1, 0.15) is 11.5 Å². The second-order valence-electron chi connectivity index (χ2n) is 11.8. The Labute approximate surface area is 234 Å². The zero-order valence-corrected chi connectivity index (χ0v) is 22.2. The summed E-state index contributed by atoms with van der Waals surface area (Å²) in [7, 11) is 0. The number of nitriles is 1. The molecule has 1 fully saturated rings. The van der Waals surface area contributed by atoms with Crippen LogP contribution in [0.3, 0.4) is 0 Å². The van der Waals surface area contributed by atoms with Gasteiger partial charge >= 0.3 is 0 Å². The van der Waals surface area contributed by atoms with Gasteiger partial charge in [-0.15, -0.1) is 0 Å². The van der Waals surface area contributed by atoms with Crippen molar-refractivity contribution < 1.29 is 4.74 Å². The van der Waals surface area contributed by atoms with Crippen LogP contribution in [-0.4, -0.2) is 21.6 Å². The van der Waals surface area contributed by atoms with Gasteiger partial charge in [-0.1, -0.05) is 54.7 Å². The number of hydrogen-bond acceptors (Lipinski definition) is 3. The quantitative estimate of drug-likeness (QED) is 0.360. The van der Waals surface area contributed by atoms with Crippen molar-refractivity contribution in [2.24, 2.45) is 11.8 Å². The molecule has 6 aliphatic rings. The van der Waals surface area contributed by atoms with Crippen molar-refractivity contribution >= 4 is 16.6 Å². The van der Waals surface area contributed by atoms with E-state index in [0.29, 0.717) is 23.4 Å². The Bertz CT molecular complexity index is 1840. The highest BCUT2D eigenvalue weighted by molar-refractivity contribution is 5.90. The van der Waals surface area contributed by atoms with E-state index in [1.165, 1.54) is 40.8 Å². The lowest BCUT2D eigenvalue weighted by atomic mass is 9.82. The Morgan fingerprint density at radius 2 is 1.80 bits per heavy atom. The highest BCUT2D eigenvalue weighted by Gasteiger charge is 2.51. The number of aromatic nitrogens is 1. The molecule has 0 saturated carbocycles. The number of ether oxygens (including phenoxy) is 1. The van der Waals surface area contributed by atoms with Crippen LogP contribution in [0.2, 0.25) is 0 Å². The molecule has 0 spiro atoms. The highest BCUT2D eigenvalue weighted by atomic mass is 16.5. The molecule has 1 aromatic heterocycles. The van der Waals surface area contributed by atoms with Gasteiger partial charge in [0.25, 0.3) is 0 Å². The number of para-hydroxylation sites is 1. The fraction of sp³-hybridized carbons (Fsp3) is 0.250. The zero-order chi connectivity index (χ0) is 26.4. The topological polar surface area (TPSA) is 41.2 Å². The van der Waals surface area contributed by atoms with Gasteiger partial charge in [-0.05, 0) is 67.3 Å². The Morgan fingerprint density at radius 1 is 0.900 bits per heavy atom. The summed E-state index contributed by atoms with van der Waals surface area (Å²) < 4.78 is 8.87. The van der Waals surface area contributed by atoms with Crippen molar-refractivity contribution in [3.63, 3.8) is 0 Å². The average Bonchev–Trinajstić information content (AvgIpc) is 3.76. The van der Waals surface area contributed by atoms with Gasteiger partial charge in [0, 0.05) is 46.3 Å². The number of fused-ring (bicyclic) bond motifs is 9. The zero-order valence-electron chi connectivity index (χ0n) is 22.2. The minimum absolute atomic E-state index is 0.145. The summed E-state index contributed by atoms with van der Waals surface area (Å²) >= 11 is 0. The summed E-state index contributed by atoms with van der Waals surface area (Å²) in [5.74, 6) is 2.85. The SMILES string of the molecule is N#Cc1ccc2c(c1)C1CC(N3C4C=CC=CC4C4C=CC=C(n5c6c(c7ccccc75)CCC6)C43)=CC=C1O2. The molecular formula is C36H29N3O. The van der Waals surface area contributed by atoms with E-state index in [4.69, 9.17) is 4.74 Å². The number of aryl methyl sites for hydroxylation is 1. The molecule has 4 aliphatic carbocycles. The molecule has 5 unspecified atom stereocenters. The number of allylic oxidation sites excluding steroid dienone is 8. The normalized spacial score (nSPS) is 28.6. The van der Waals surface area contributed by atoms with Crippen LogP contribution in [0.4, 0.5) is 0 Å². The maximum atomic E-state index is 9.56. The first-order chi connectivity index (χ1) is 19.8. The molecule has 194 valence electrons. The van der Waals surface area contributed by atoms with Crippen LogP contribution in [0.1, 0.15) is 41.1 Å². The lowest BCUT2D eigenvalue weighted by molar-refractivity contribution is 0.284. The molecule has 2 aromatic carbocycles. The largest absolute Gasteiger partial charge is 0.461 e. The molecule has 40 heavy (non-hydrogen) atoms. The van der Waals surface area contributed by atoms with E-state index < -0.39 is 0 Å². The van der Waals surface area contributed by atoms with Crippen molar-refractivity contribution in [3.05, 3.63) is 131 Å². The molecule has 4 nitrogen and oxygen atoms in total. The molecule has 0 amide bonds. The maximum absolute atomic E-state index is 9.56. The Kier molecular flexibility index (Phi) is 4.61. The fourth-order valence-corrected chi connectivity index (χ4v) is 8.33. The lowest BCUT2D eigenvalue weighted by Crippen LogP contribution is -2.40. The van der Waals surface area contributed by atoms with E-state index in [2.05, 4.69) is 94.5 Å². The fourth-order valence-electron chi connectivity index (χ4n) is 8.33. The number of hydrogen-bond donors (Lipinski definition) is 0. The van der Waals surface area contributed by atoms with E-state index in [1.54, 1.807) is 5.56 Å². The van der Waals surface area contributed by atoms with Crippen LogP contribution in [0.5, 0.6) is 5.75 Å². The highest BCUT2D eigenvalue weighted by Crippen LogP contribution is 2.53. The van der Waals surface area contributed by atoms with Crippen molar-refractivity contribution in [1.82, 2.24) is 9.47 Å². The number of rotatable bonds is 2. The van der Waals surface area contributed by atoms with Gasteiger partial charge < -0.3 is 14.2 Å². The molecule has 3 heterocycles. The van der Waals surface area contributed by atoms with Crippen LogP contribution >= 0.6 is 0 Å². The van der Waals surface area contributed by atoms with Crippen LogP contribution < -0.4 is 4.74 Å². The predicted molar refractivity (Wildman–Crippen MR) is 157 cm³/mol. The summed E-state index contributed by atoms with van der Waals surface area (Å²) in [6.07, 6.45) is 25.3. The van der Waals surface area contributed by atoms with Crippen LogP contribution in [-0.2, 0) is 12.8 Å². The van der Waals surface area contributed by atoms with Gasteiger partial charge in [0.2, 0.25) is 0 Å². The average molecular weight is 520 g/mol. The number of benzene rings is 2. The van der Waals surface area contributed by atoms with Gasteiger partial charge in [0.05, 0.1) is 35.2 Å². The third-order valence-corrected chi connectivity index (χ3v) is 9.94. The number of nitrogens with zero attached hydrogens (tertiary/aromatic N) is 3. The first-order valence-electron chi connectivity index (χ1n) is 14.6. The molecule has 0 bridgehead atoms. The van der Waals surface area contributed by atoms with E-state index in [9.17, 15) is 5.26 Å². The Balaban J connectivity index is 1.18. The molecule has 5 atom stereocenters. The first kappa shape index (κ1) is 22.3. The summed E-state index contributed by atoms with van der Waals surface area (Å²) in [6, 6.07) is 17.7. The van der Waals surface area contributed by atoms with Crippen molar-refractivity contribution in [3.8, 4) is 11.8 Å². The lowest BCUT2D eigenvalue weighted by Gasteiger charge is -2.39. The standard InChI is InChI=1S/C36H29N3O/c37-21-22-15-17-34-28(19-22)29-20-23(16-18-35(29)40-34)38-30-11-3-2-8-26(30)27-10-6-14-33(36(27)38)39-31-12-4-1-7-24(31)25-9-5-13-32(25)39/h1-4,6-8,10-12,14-19,26-27,29-30,36H,5,9,13,20H2. The summed E-state index contributed by atoms with van der Waals surface area (Å²) in [5, 5.41) is 11.0.